The predicted octanol–water partition coefficient (Wildman–Crippen LogP) is 3.25. The van der Waals surface area contributed by atoms with Crippen LogP contribution in [0.15, 0.2) is 24.4 Å². The highest BCUT2D eigenvalue weighted by Crippen LogP contribution is 2.58. The van der Waals surface area contributed by atoms with Crippen molar-refractivity contribution in [1.82, 2.24) is 9.88 Å². The molecule has 0 amide bonds. The molecular formula is C23H31N7O. The number of hydrogen-bond donors (Lipinski definition) is 3. The van der Waals surface area contributed by atoms with Gasteiger partial charge in [0, 0.05) is 44.0 Å². The summed E-state index contributed by atoms with van der Waals surface area (Å²) in [5, 5.41) is 16.4. The molecule has 164 valence electrons. The number of methoxy groups -OCH3 is 1. The summed E-state index contributed by atoms with van der Waals surface area (Å²) in [6.45, 7) is 1.77. The molecule has 8 nitrogen and oxygen atoms in total. The van der Waals surface area contributed by atoms with Crippen LogP contribution in [0.4, 0.5) is 28.6 Å². The van der Waals surface area contributed by atoms with Crippen LogP contribution in [-0.2, 0) is 0 Å². The van der Waals surface area contributed by atoms with Gasteiger partial charge >= 0.3 is 0 Å². The summed E-state index contributed by atoms with van der Waals surface area (Å²) in [6.07, 6.45) is 5.18. The number of benzene rings is 1. The van der Waals surface area contributed by atoms with E-state index < -0.39 is 0 Å². The number of hydrogen-bond acceptors (Lipinski definition) is 8. The average molecular weight is 422 g/mol. The number of pyridine rings is 1. The summed E-state index contributed by atoms with van der Waals surface area (Å²) < 4.78 is 5.63. The van der Waals surface area contributed by atoms with E-state index in [4.69, 9.17) is 10.5 Å². The van der Waals surface area contributed by atoms with E-state index in [1.807, 2.05) is 39.3 Å². The van der Waals surface area contributed by atoms with E-state index in [0.29, 0.717) is 22.8 Å². The second kappa shape index (κ2) is 8.16. The average Bonchev–Trinajstić information content (AvgIpc) is 2.68. The molecule has 1 aromatic heterocycles. The van der Waals surface area contributed by atoms with Gasteiger partial charge in [0.25, 0.3) is 0 Å². The molecule has 0 unspecified atom stereocenters. The van der Waals surface area contributed by atoms with Crippen molar-refractivity contribution < 1.29 is 4.74 Å². The zero-order valence-corrected chi connectivity index (χ0v) is 18.7. The first kappa shape index (κ1) is 21.1. The first-order valence-corrected chi connectivity index (χ1v) is 10.6. The number of rotatable bonds is 9. The van der Waals surface area contributed by atoms with Gasteiger partial charge in [-0.25, -0.2) is 4.98 Å². The third-order valence-electron chi connectivity index (χ3n) is 6.37. The van der Waals surface area contributed by atoms with Crippen molar-refractivity contribution in [2.45, 2.75) is 24.8 Å². The predicted molar refractivity (Wildman–Crippen MR) is 125 cm³/mol. The summed E-state index contributed by atoms with van der Waals surface area (Å²) >= 11 is 0. The minimum Gasteiger partial charge on any atom is -0.494 e. The lowest BCUT2D eigenvalue weighted by Crippen LogP contribution is -2.63. The SMILES string of the molecule is COc1cc(N(C)CCN(C)C)c(N)cc1Nc1cc(NC23CC(C2)C3)c(C#N)cn1. The van der Waals surface area contributed by atoms with Gasteiger partial charge in [-0.1, -0.05) is 0 Å². The molecule has 31 heavy (non-hydrogen) atoms. The molecule has 1 heterocycles. The zero-order chi connectivity index (χ0) is 22.2. The number of ether oxygens (including phenoxy) is 1. The van der Waals surface area contributed by atoms with Crippen LogP contribution in [-0.4, -0.2) is 56.8 Å². The Hall–Kier alpha value is -3.18. The van der Waals surface area contributed by atoms with Gasteiger partial charge in [0.05, 0.1) is 35.4 Å². The Bertz CT molecular complexity index is 997. The lowest BCUT2D eigenvalue weighted by Gasteiger charge is -2.62. The number of nitrogens with two attached hydrogens (primary N) is 1. The highest BCUT2D eigenvalue weighted by atomic mass is 16.5. The van der Waals surface area contributed by atoms with Crippen molar-refractivity contribution in [1.29, 1.82) is 5.26 Å². The first-order valence-electron chi connectivity index (χ1n) is 10.6. The van der Waals surface area contributed by atoms with Crippen LogP contribution in [0.2, 0.25) is 0 Å². The molecule has 3 aliphatic carbocycles. The van der Waals surface area contributed by atoms with Crippen molar-refractivity contribution in [3.05, 3.63) is 30.0 Å². The number of nitrogen functional groups attached to an aromatic ring is 1. The lowest BCUT2D eigenvalue weighted by atomic mass is 9.50. The molecule has 0 atom stereocenters. The van der Waals surface area contributed by atoms with Gasteiger partial charge in [0.15, 0.2) is 0 Å². The minimum atomic E-state index is 0.176. The highest BCUT2D eigenvalue weighted by molar-refractivity contribution is 5.80. The third kappa shape index (κ3) is 4.19. The molecule has 0 spiro atoms. The van der Waals surface area contributed by atoms with Crippen LogP contribution in [0.1, 0.15) is 24.8 Å². The fourth-order valence-corrected chi connectivity index (χ4v) is 4.42. The van der Waals surface area contributed by atoms with Gasteiger partial charge in [-0.05, 0) is 45.3 Å². The molecule has 3 fully saturated rings. The Morgan fingerprint density at radius 1 is 1.19 bits per heavy atom. The zero-order valence-electron chi connectivity index (χ0n) is 18.7. The van der Waals surface area contributed by atoms with Crippen LogP contribution in [0.25, 0.3) is 0 Å². The smallest absolute Gasteiger partial charge is 0.144 e. The summed E-state index contributed by atoms with van der Waals surface area (Å²) in [6, 6.07) is 7.95. The standard InChI is InChI=1S/C23H31N7O/c1-29(2)5-6-30(3)20-9-21(31-4)19(7-17(20)25)27-22-8-18(16(13-24)14-26-22)28-23-10-15(11-23)12-23/h7-9,14-15H,5-6,10-12,25H2,1-4H3,(H2,26,27,28). The van der Waals surface area contributed by atoms with Crippen LogP contribution < -0.4 is 26.0 Å². The number of anilines is 5. The molecule has 0 aliphatic heterocycles. The van der Waals surface area contributed by atoms with E-state index >= 15 is 0 Å². The monoisotopic (exact) mass is 421 g/mol. The van der Waals surface area contributed by atoms with Crippen molar-refractivity contribution in [2.24, 2.45) is 5.92 Å². The highest BCUT2D eigenvalue weighted by Gasteiger charge is 2.56. The van der Waals surface area contributed by atoms with Crippen molar-refractivity contribution in [3.8, 4) is 11.8 Å². The van der Waals surface area contributed by atoms with Crippen LogP contribution >= 0.6 is 0 Å². The molecular weight excluding hydrogens is 390 g/mol. The van der Waals surface area contributed by atoms with Gasteiger partial charge in [-0.2, -0.15) is 5.26 Å². The fraction of sp³-hybridized carbons (Fsp3) is 0.478. The normalized spacial score (nSPS) is 21.0. The Labute approximate surface area is 184 Å². The fourth-order valence-electron chi connectivity index (χ4n) is 4.42. The Morgan fingerprint density at radius 2 is 1.94 bits per heavy atom. The Balaban J connectivity index is 1.55. The number of nitrogens with zero attached hydrogens (tertiary/aromatic N) is 4. The van der Waals surface area contributed by atoms with E-state index in [2.05, 4.69) is 31.5 Å². The van der Waals surface area contributed by atoms with E-state index in [9.17, 15) is 5.26 Å². The van der Waals surface area contributed by atoms with E-state index in [-0.39, 0.29) is 5.54 Å². The van der Waals surface area contributed by atoms with Gasteiger partial charge in [-0.3, -0.25) is 0 Å². The van der Waals surface area contributed by atoms with Crippen molar-refractivity contribution in [2.75, 3.05) is 62.6 Å². The van der Waals surface area contributed by atoms with E-state index in [1.165, 1.54) is 19.3 Å². The number of nitriles is 1. The van der Waals surface area contributed by atoms with Crippen molar-refractivity contribution >= 4 is 28.6 Å². The summed E-state index contributed by atoms with van der Waals surface area (Å²) in [5.41, 5.74) is 10.2. The van der Waals surface area contributed by atoms with Gasteiger partial charge in [0.1, 0.15) is 17.6 Å². The maximum absolute atomic E-state index is 9.48. The second-order valence-electron chi connectivity index (χ2n) is 9.07. The van der Waals surface area contributed by atoms with Crippen LogP contribution in [0.5, 0.6) is 5.75 Å². The summed E-state index contributed by atoms with van der Waals surface area (Å²) in [7, 11) is 7.76. The molecule has 4 N–H and O–H groups in total. The second-order valence-corrected chi connectivity index (χ2v) is 9.07. The number of likely N-dealkylation sites (N-methyl/N-ethyl adjacent to an activating group) is 2. The largest absolute Gasteiger partial charge is 0.494 e. The molecule has 0 radical (unpaired) electrons. The molecule has 3 saturated carbocycles. The molecule has 8 heteroatoms. The molecule has 5 rings (SSSR count). The molecule has 2 aromatic rings. The maximum atomic E-state index is 9.48. The molecule has 3 aliphatic rings. The third-order valence-corrected chi connectivity index (χ3v) is 6.37. The topological polar surface area (TPSA) is 102 Å². The minimum absolute atomic E-state index is 0.176. The van der Waals surface area contributed by atoms with Crippen LogP contribution in [0.3, 0.4) is 0 Å². The Kier molecular flexibility index (Phi) is 5.54. The number of nitrogens with one attached hydrogen (secondary N) is 2. The molecule has 2 bridgehead atoms. The summed E-state index contributed by atoms with van der Waals surface area (Å²) in [5.74, 6) is 2.18. The molecule has 1 aromatic carbocycles. The van der Waals surface area contributed by atoms with Gasteiger partial charge in [0.2, 0.25) is 0 Å². The van der Waals surface area contributed by atoms with E-state index in [0.717, 1.165) is 36.1 Å². The van der Waals surface area contributed by atoms with Gasteiger partial charge < -0.3 is 30.9 Å². The van der Waals surface area contributed by atoms with Crippen LogP contribution in [0, 0.1) is 17.2 Å². The van der Waals surface area contributed by atoms with E-state index in [1.54, 1.807) is 13.3 Å². The molecule has 0 saturated heterocycles. The maximum Gasteiger partial charge on any atom is 0.144 e. The Morgan fingerprint density at radius 3 is 2.52 bits per heavy atom. The lowest BCUT2D eigenvalue weighted by molar-refractivity contribution is 0.00212. The van der Waals surface area contributed by atoms with Crippen molar-refractivity contribution in [3.63, 3.8) is 0 Å². The quantitative estimate of drug-likeness (QED) is 0.530. The number of aromatic nitrogens is 1. The first-order chi connectivity index (χ1) is 14.8. The van der Waals surface area contributed by atoms with Gasteiger partial charge in [-0.15, -0.1) is 0 Å². The summed E-state index contributed by atoms with van der Waals surface area (Å²) in [4.78, 5) is 8.67.